The van der Waals surface area contributed by atoms with Gasteiger partial charge in [0.25, 0.3) is 0 Å². The van der Waals surface area contributed by atoms with Crippen LogP contribution in [0.3, 0.4) is 0 Å². The molecule has 0 aromatic heterocycles. The first-order valence-corrected chi connectivity index (χ1v) is 12.7. The summed E-state index contributed by atoms with van der Waals surface area (Å²) in [5, 5.41) is 2.11. The Kier molecular flexibility index (Phi) is 5.16. The smallest absolute Gasteiger partial charge is 0.226 e. The lowest BCUT2D eigenvalue weighted by Crippen LogP contribution is -2.54. The monoisotopic (exact) mass is 441 g/mol. The van der Waals surface area contributed by atoms with Gasteiger partial charge in [-0.25, -0.2) is 12.8 Å². The van der Waals surface area contributed by atoms with E-state index in [-0.39, 0.29) is 22.8 Å². The van der Waals surface area contributed by atoms with Crippen molar-refractivity contribution in [1.29, 1.82) is 0 Å². The van der Waals surface area contributed by atoms with Gasteiger partial charge in [-0.1, -0.05) is 30.3 Å². The van der Waals surface area contributed by atoms with Gasteiger partial charge in [-0.3, -0.25) is 4.79 Å². The molecule has 1 amide bonds. The molecule has 2 aromatic rings. The molecule has 164 valence electrons. The van der Waals surface area contributed by atoms with Gasteiger partial charge < -0.3 is 5.32 Å². The van der Waals surface area contributed by atoms with Gasteiger partial charge in [0.15, 0.2) is 9.84 Å². The molecule has 1 N–H and O–H groups in total. The maximum atomic E-state index is 13.4. The maximum Gasteiger partial charge on any atom is 0.226 e. The molecule has 4 bridgehead atoms. The first-order valence-electron chi connectivity index (χ1n) is 11.2. The Bertz CT molecular complexity index is 1030. The zero-order valence-corrected chi connectivity index (χ0v) is 18.3. The zero-order valence-electron chi connectivity index (χ0n) is 17.5. The summed E-state index contributed by atoms with van der Waals surface area (Å²) in [7, 11) is -3.80. The number of halogens is 1. The second-order valence-electron chi connectivity index (χ2n) is 9.81. The molecule has 0 spiro atoms. The average molecular weight is 442 g/mol. The van der Waals surface area contributed by atoms with Crippen LogP contribution in [0.1, 0.15) is 49.3 Å². The molecule has 0 aliphatic heterocycles. The van der Waals surface area contributed by atoms with Crippen LogP contribution in [0.5, 0.6) is 0 Å². The van der Waals surface area contributed by atoms with Crippen molar-refractivity contribution in [3.05, 3.63) is 66.0 Å². The van der Waals surface area contributed by atoms with Crippen molar-refractivity contribution in [3.63, 3.8) is 0 Å². The third-order valence-corrected chi connectivity index (χ3v) is 9.77. The minimum atomic E-state index is -3.80. The highest BCUT2D eigenvalue weighted by molar-refractivity contribution is 7.91. The molecule has 0 radical (unpaired) electrons. The molecule has 4 nitrogen and oxygen atoms in total. The summed E-state index contributed by atoms with van der Waals surface area (Å²) in [5.74, 6) is 1.46. The summed E-state index contributed by atoms with van der Waals surface area (Å²) >= 11 is 0. The number of benzene rings is 2. The second kappa shape index (κ2) is 7.73. The van der Waals surface area contributed by atoms with Gasteiger partial charge in [0.05, 0.1) is 4.90 Å². The molecule has 0 saturated heterocycles. The fourth-order valence-electron chi connectivity index (χ4n) is 6.62. The van der Waals surface area contributed by atoms with Crippen LogP contribution in [0, 0.1) is 29.0 Å². The first-order chi connectivity index (χ1) is 14.9. The SMILES string of the molecule is O=C(NCC(c1ccccc1)S(=O)(=O)c1ccc(F)cc1)C12CC3CC(CC(C3)C1)C2. The minimum Gasteiger partial charge on any atom is -0.354 e. The van der Waals surface area contributed by atoms with E-state index < -0.39 is 20.9 Å². The number of carbonyl (C=O) groups excluding carboxylic acids is 1. The Morgan fingerprint density at radius 3 is 2.03 bits per heavy atom. The number of carbonyl (C=O) groups is 1. The van der Waals surface area contributed by atoms with Gasteiger partial charge in [0, 0.05) is 12.0 Å². The molecule has 6 heteroatoms. The van der Waals surface area contributed by atoms with Crippen LogP contribution in [-0.2, 0) is 14.6 Å². The molecular weight excluding hydrogens is 413 g/mol. The van der Waals surface area contributed by atoms with Crippen molar-refractivity contribution in [1.82, 2.24) is 5.32 Å². The van der Waals surface area contributed by atoms with Gasteiger partial charge in [0.2, 0.25) is 5.91 Å². The van der Waals surface area contributed by atoms with Crippen LogP contribution < -0.4 is 5.32 Å². The van der Waals surface area contributed by atoms with Crippen LogP contribution in [0.4, 0.5) is 4.39 Å². The van der Waals surface area contributed by atoms with Crippen molar-refractivity contribution >= 4 is 15.7 Å². The number of amides is 1. The third kappa shape index (κ3) is 3.79. The molecule has 4 fully saturated rings. The summed E-state index contributed by atoms with van der Waals surface area (Å²) in [4.78, 5) is 13.4. The van der Waals surface area contributed by atoms with Crippen molar-refractivity contribution < 1.29 is 17.6 Å². The van der Waals surface area contributed by atoms with E-state index in [9.17, 15) is 17.6 Å². The van der Waals surface area contributed by atoms with E-state index >= 15 is 0 Å². The zero-order chi connectivity index (χ0) is 21.6. The van der Waals surface area contributed by atoms with Crippen LogP contribution in [0.25, 0.3) is 0 Å². The maximum absolute atomic E-state index is 13.4. The van der Waals surface area contributed by atoms with E-state index in [1.165, 1.54) is 31.4 Å². The van der Waals surface area contributed by atoms with Crippen molar-refractivity contribution in [3.8, 4) is 0 Å². The summed E-state index contributed by atoms with van der Waals surface area (Å²) in [6.45, 7) is 0.0182. The Morgan fingerprint density at radius 1 is 0.935 bits per heavy atom. The van der Waals surface area contributed by atoms with E-state index in [0.29, 0.717) is 23.3 Å². The van der Waals surface area contributed by atoms with Crippen molar-refractivity contribution in [2.45, 2.75) is 48.7 Å². The molecule has 2 aromatic carbocycles. The van der Waals surface area contributed by atoms with E-state index in [1.807, 2.05) is 6.07 Å². The lowest BCUT2D eigenvalue weighted by atomic mass is 9.49. The number of hydrogen-bond acceptors (Lipinski definition) is 3. The van der Waals surface area contributed by atoms with Gasteiger partial charge in [-0.05, 0) is 86.1 Å². The Hall–Kier alpha value is -2.21. The van der Waals surface area contributed by atoms with Crippen LogP contribution >= 0.6 is 0 Å². The molecule has 0 heterocycles. The molecule has 1 atom stereocenters. The number of rotatable bonds is 6. The van der Waals surface area contributed by atoms with Gasteiger partial charge in [-0.15, -0.1) is 0 Å². The predicted octanol–water partition coefficient (Wildman–Crippen LogP) is 4.67. The molecule has 4 aliphatic rings. The number of sulfone groups is 1. The van der Waals surface area contributed by atoms with Crippen LogP contribution in [0.15, 0.2) is 59.5 Å². The summed E-state index contributed by atoms with van der Waals surface area (Å²) in [6.07, 6.45) is 6.55. The lowest BCUT2D eigenvalue weighted by molar-refractivity contribution is -0.146. The van der Waals surface area contributed by atoms with Crippen LogP contribution in [-0.4, -0.2) is 20.9 Å². The topological polar surface area (TPSA) is 63.2 Å². The molecular formula is C25H28FNO3S. The highest BCUT2D eigenvalue weighted by Gasteiger charge is 2.54. The Morgan fingerprint density at radius 2 is 1.48 bits per heavy atom. The van der Waals surface area contributed by atoms with Gasteiger partial charge >= 0.3 is 0 Å². The second-order valence-corrected chi connectivity index (χ2v) is 11.9. The quantitative estimate of drug-likeness (QED) is 0.663. The number of hydrogen-bond donors (Lipinski definition) is 1. The first kappa shape index (κ1) is 20.7. The molecule has 31 heavy (non-hydrogen) atoms. The minimum absolute atomic E-state index is 0.0156. The average Bonchev–Trinajstić information content (AvgIpc) is 2.74. The summed E-state index contributed by atoms with van der Waals surface area (Å²) in [5.41, 5.74) is 0.299. The molecule has 4 aliphatic carbocycles. The Labute approximate surface area is 183 Å². The lowest BCUT2D eigenvalue weighted by Gasteiger charge is -2.55. The highest BCUT2D eigenvalue weighted by atomic mass is 32.2. The molecule has 1 unspecified atom stereocenters. The summed E-state index contributed by atoms with van der Waals surface area (Å²) in [6, 6.07) is 13.9. The normalized spacial score (nSPS) is 30.2. The van der Waals surface area contributed by atoms with E-state index in [1.54, 1.807) is 24.3 Å². The van der Waals surface area contributed by atoms with E-state index in [0.717, 1.165) is 31.4 Å². The summed E-state index contributed by atoms with van der Waals surface area (Å²) < 4.78 is 40.2. The predicted molar refractivity (Wildman–Crippen MR) is 116 cm³/mol. The van der Waals surface area contributed by atoms with Crippen molar-refractivity contribution in [2.24, 2.45) is 23.2 Å². The van der Waals surface area contributed by atoms with Crippen molar-refractivity contribution in [2.75, 3.05) is 6.54 Å². The van der Waals surface area contributed by atoms with E-state index in [4.69, 9.17) is 0 Å². The standard InChI is InChI=1S/C25H28FNO3S/c26-21-6-8-22(9-7-21)31(29,30)23(20-4-2-1-3-5-20)16-27-24(28)25-13-17-10-18(14-25)12-19(11-17)15-25/h1-9,17-19,23H,10-16H2,(H,27,28). The Balaban J connectivity index is 1.40. The largest absolute Gasteiger partial charge is 0.354 e. The molecule has 6 rings (SSSR count). The number of nitrogens with one attached hydrogen (secondary N) is 1. The highest BCUT2D eigenvalue weighted by Crippen LogP contribution is 2.60. The van der Waals surface area contributed by atoms with Gasteiger partial charge in [-0.2, -0.15) is 0 Å². The fraction of sp³-hybridized carbons (Fsp3) is 0.480. The fourth-order valence-corrected chi connectivity index (χ4v) is 8.29. The third-order valence-electron chi connectivity index (χ3n) is 7.66. The van der Waals surface area contributed by atoms with E-state index in [2.05, 4.69) is 5.32 Å². The van der Waals surface area contributed by atoms with Gasteiger partial charge in [0.1, 0.15) is 11.1 Å². The van der Waals surface area contributed by atoms with Crippen LogP contribution in [0.2, 0.25) is 0 Å². The molecule has 4 saturated carbocycles.